The van der Waals surface area contributed by atoms with Gasteiger partial charge in [-0.1, -0.05) is 30.3 Å². The molecule has 4 rings (SSSR count). The van der Waals surface area contributed by atoms with Crippen LogP contribution in [0.3, 0.4) is 0 Å². The number of hydrogen-bond donors (Lipinski definition) is 1. The number of hydrogen-bond acceptors (Lipinski definition) is 8. The molecule has 10 nitrogen and oxygen atoms in total. The van der Waals surface area contributed by atoms with Crippen LogP contribution in [0.25, 0.3) is 6.08 Å². The van der Waals surface area contributed by atoms with Gasteiger partial charge in [0, 0.05) is 9.26 Å². The number of carbonyl (C=O) groups excluding carboxylic acids is 3. The van der Waals surface area contributed by atoms with E-state index in [1.54, 1.807) is 24.3 Å². The summed E-state index contributed by atoms with van der Waals surface area (Å²) in [7, 11) is 1.39. The Labute approximate surface area is 235 Å². The van der Waals surface area contributed by atoms with E-state index in [0.717, 1.165) is 14.0 Å². The van der Waals surface area contributed by atoms with Crippen molar-refractivity contribution < 1.29 is 28.8 Å². The zero-order chi connectivity index (χ0) is 27.2. The number of methoxy groups -OCH3 is 1. The topological polar surface area (TPSA) is 128 Å². The molecule has 1 N–H and O–H groups in total. The summed E-state index contributed by atoms with van der Waals surface area (Å²) in [6.07, 6.45) is 1.24. The van der Waals surface area contributed by atoms with Crippen LogP contribution >= 0.6 is 34.4 Å². The molecule has 1 fully saturated rings. The van der Waals surface area contributed by atoms with Crippen LogP contribution < -0.4 is 14.8 Å². The molecular weight excluding hydrogens is 625 g/mol. The van der Waals surface area contributed by atoms with E-state index in [-0.39, 0.29) is 34.3 Å². The zero-order valence-corrected chi connectivity index (χ0v) is 22.9. The number of nitrogens with zero attached hydrogens (tertiary/aromatic N) is 2. The average molecular weight is 645 g/mol. The van der Waals surface area contributed by atoms with Gasteiger partial charge in [-0.15, -0.1) is 0 Å². The van der Waals surface area contributed by atoms with E-state index in [1.165, 1.54) is 25.3 Å². The van der Waals surface area contributed by atoms with Crippen molar-refractivity contribution in [3.8, 4) is 11.5 Å². The van der Waals surface area contributed by atoms with Crippen molar-refractivity contribution in [2.24, 2.45) is 0 Å². The Kier molecular flexibility index (Phi) is 8.63. The number of nitro groups is 1. The normalized spacial score (nSPS) is 14.1. The van der Waals surface area contributed by atoms with Crippen LogP contribution in [0.15, 0.2) is 71.6 Å². The number of halogens is 1. The van der Waals surface area contributed by atoms with Crippen LogP contribution in [0.2, 0.25) is 0 Å². The first-order valence-corrected chi connectivity index (χ1v) is 13.0. The van der Waals surface area contributed by atoms with Crippen LogP contribution in [-0.2, 0) is 16.2 Å². The first kappa shape index (κ1) is 27.1. The molecule has 1 aliphatic rings. The average Bonchev–Trinajstić information content (AvgIpc) is 3.16. The summed E-state index contributed by atoms with van der Waals surface area (Å²) in [5.74, 6) is -0.910. The van der Waals surface area contributed by atoms with Crippen molar-refractivity contribution in [3.05, 3.63) is 96.4 Å². The lowest BCUT2D eigenvalue weighted by molar-refractivity contribution is -0.385. The Morgan fingerprint density at radius 3 is 2.47 bits per heavy atom. The molecule has 3 amide bonds. The van der Waals surface area contributed by atoms with Gasteiger partial charge in [-0.3, -0.25) is 29.4 Å². The van der Waals surface area contributed by atoms with Crippen LogP contribution in [0.4, 0.5) is 16.2 Å². The van der Waals surface area contributed by atoms with Crippen LogP contribution in [-0.4, -0.2) is 40.5 Å². The zero-order valence-electron chi connectivity index (χ0n) is 19.9. The van der Waals surface area contributed by atoms with Crippen molar-refractivity contribution >= 4 is 68.9 Å². The fourth-order valence-corrected chi connectivity index (χ4v) is 4.69. The van der Waals surface area contributed by atoms with Crippen molar-refractivity contribution in [2.75, 3.05) is 19.0 Å². The van der Waals surface area contributed by atoms with E-state index in [4.69, 9.17) is 9.47 Å². The fourth-order valence-electron chi connectivity index (χ4n) is 3.50. The number of thioether (sulfide) groups is 1. The van der Waals surface area contributed by atoms with Gasteiger partial charge >= 0.3 is 0 Å². The minimum absolute atomic E-state index is 0.0488. The lowest BCUT2D eigenvalue weighted by atomic mass is 10.1. The molecular formula is C26H20IN3O7S. The van der Waals surface area contributed by atoms with Gasteiger partial charge in [-0.25, -0.2) is 0 Å². The Morgan fingerprint density at radius 2 is 1.82 bits per heavy atom. The SMILES string of the molecule is COc1cc(/C=C2/SC(=O)N(CC(=O)Nc3ccc(I)cc3)C2=O)c([N+](=O)[O-])cc1OCc1ccccc1. The third-order valence-corrected chi connectivity index (χ3v) is 6.96. The number of anilines is 1. The fraction of sp³-hybridized carbons (Fsp3) is 0.115. The molecule has 38 heavy (non-hydrogen) atoms. The third-order valence-electron chi connectivity index (χ3n) is 5.34. The second kappa shape index (κ2) is 12.1. The van der Waals surface area contributed by atoms with E-state index in [2.05, 4.69) is 27.9 Å². The molecule has 0 bridgehead atoms. The molecule has 0 spiro atoms. The standard InChI is InChI=1S/C26H20IN3O7S/c1-36-21-11-17(20(30(34)35)13-22(21)37-15-16-5-3-2-4-6-16)12-23-25(32)29(26(33)38-23)14-24(31)28-19-9-7-18(27)8-10-19/h2-13H,14-15H2,1H3,(H,28,31)/b23-12+. The monoisotopic (exact) mass is 645 g/mol. The first-order chi connectivity index (χ1) is 18.2. The molecule has 3 aromatic carbocycles. The number of imide groups is 1. The van der Waals surface area contributed by atoms with Crippen molar-refractivity contribution in [1.82, 2.24) is 4.90 Å². The second-order valence-corrected chi connectivity index (χ2v) is 10.2. The molecule has 194 valence electrons. The Bertz CT molecular complexity index is 1430. The van der Waals surface area contributed by atoms with Crippen LogP contribution in [0.5, 0.6) is 11.5 Å². The molecule has 12 heteroatoms. The summed E-state index contributed by atoms with van der Waals surface area (Å²) in [4.78, 5) is 49.8. The number of nitro benzene ring substituents is 1. The highest BCUT2D eigenvalue weighted by Gasteiger charge is 2.37. The van der Waals surface area contributed by atoms with Gasteiger partial charge in [-0.2, -0.15) is 0 Å². The van der Waals surface area contributed by atoms with Gasteiger partial charge in [0.05, 0.1) is 28.6 Å². The molecule has 1 aliphatic heterocycles. The number of nitrogens with one attached hydrogen (secondary N) is 1. The minimum Gasteiger partial charge on any atom is -0.493 e. The first-order valence-electron chi connectivity index (χ1n) is 11.1. The highest BCUT2D eigenvalue weighted by atomic mass is 127. The maximum atomic E-state index is 12.9. The van der Waals surface area contributed by atoms with Gasteiger partial charge < -0.3 is 14.8 Å². The van der Waals surface area contributed by atoms with E-state index in [9.17, 15) is 24.5 Å². The molecule has 0 aromatic heterocycles. The van der Waals surface area contributed by atoms with Crippen LogP contribution in [0.1, 0.15) is 11.1 Å². The Morgan fingerprint density at radius 1 is 1.11 bits per heavy atom. The smallest absolute Gasteiger partial charge is 0.294 e. The summed E-state index contributed by atoms with van der Waals surface area (Å²) in [6, 6.07) is 18.9. The lowest BCUT2D eigenvalue weighted by Gasteiger charge is -2.13. The number of ether oxygens (including phenoxy) is 2. The number of amides is 3. The van der Waals surface area contributed by atoms with E-state index >= 15 is 0 Å². The maximum absolute atomic E-state index is 12.9. The Hall–Kier alpha value is -3.91. The highest BCUT2D eigenvalue weighted by molar-refractivity contribution is 14.1. The summed E-state index contributed by atoms with van der Waals surface area (Å²) in [5.41, 5.74) is 1.10. The summed E-state index contributed by atoms with van der Waals surface area (Å²) < 4.78 is 12.1. The molecule has 3 aromatic rings. The van der Waals surface area contributed by atoms with Gasteiger partial charge in [-0.05, 0) is 76.3 Å². The number of rotatable bonds is 9. The summed E-state index contributed by atoms with van der Waals surface area (Å²) in [6.45, 7) is -0.331. The van der Waals surface area contributed by atoms with Gasteiger partial charge in [0.1, 0.15) is 13.2 Å². The molecule has 0 aliphatic carbocycles. The van der Waals surface area contributed by atoms with Crippen LogP contribution in [0, 0.1) is 13.7 Å². The number of carbonyl (C=O) groups is 3. The number of benzene rings is 3. The van der Waals surface area contributed by atoms with E-state index in [0.29, 0.717) is 17.4 Å². The molecule has 0 unspecified atom stereocenters. The van der Waals surface area contributed by atoms with Gasteiger partial charge in [0.2, 0.25) is 5.91 Å². The maximum Gasteiger partial charge on any atom is 0.294 e. The van der Waals surface area contributed by atoms with Crippen molar-refractivity contribution in [2.45, 2.75) is 6.61 Å². The summed E-state index contributed by atoms with van der Waals surface area (Å²) >= 11 is 2.72. The predicted octanol–water partition coefficient (Wildman–Crippen LogP) is 5.46. The molecule has 0 saturated carbocycles. The molecule has 1 saturated heterocycles. The summed E-state index contributed by atoms with van der Waals surface area (Å²) in [5, 5.41) is 13.8. The minimum atomic E-state index is -0.726. The van der Waals surface area contributed by atoms with Gasteiger partial charge in [0.15, 0.2) is 11.5 Å². The second-order valence-electron chi connectivity index (χ2n) is 7.92. The largest absolute Gasteiger partial charge is 0.493 e. The quantitative estimate of drug-likeness (QED) is 0.141. The van der Waals surface area contributed by atoms with E-state index in [1.807, 2.05) is 30.3 Å². The molecule has 1 heterocycles. The lowest BCUT2D eigenvalue weighted by Crippen LogP contribution is -2.36. The van der Waals surface area contributed by atoms with Crippen molar-refractivity contribution in [3.63, 3.8) is 0 Å². The third kappa shape index (κ3) is 6.50. The Balaban J connectivity index is 1.54. The molecule has 0 atom stereocenters. The highest BCUT2D eigenvalue weighted by Crippen LogP contribution is 2.39. The van der Waals surface area contributed by atoms with E-state index < -0.39 is 28.5 Å². The van der Waals surface area contributed by atoms with Gasteiger partial charge in [0.25, 0.3) is 16.8 Å². The van der Waals surface area contributed by atoms with Crippen molar-refractivity contribution in [1.29, 1.82) is 0 Å². The predicted molar refractivity (Wildman–Crippen MR) is 151 cm³/mol. The molecule has 0 radical (unpaired) electrons.